The normalized spacial score (nSPS) is 22.4. The van der Waals surface area contributed by atoms with Crippen molar-refractivity contribution >= 4 is 17.5 Å². The SMILES string of the molecule is CC(C)NC(=O)C1CCC(C(=O)Nc2ccc3c(c2)OCCO3)CC1. The number of hydrogen-bond acceptors (Lipinski definition) is 4. The van der Waals surface area contributed by atoms with Gasteiger partial charge in [-0.3, -0.25) is 9.59 Å². The van der Waals surface area contributed by atoms with Crippen LogP contribution in [0.2, 0.25) is 0 Å². The maximum atomic E-state index is 12.5. The summed E-state index contributed by atoms with van der Waals surface area (Å²) >= 11 is 0. The fraction of sp³-hybridized carbons (Fsp3) is 0.579. The lowest BCUT2D eigenvalue weighted by Crippen LogP contribution is -2.38. The molecule has 1 heterocycles. The largest absolute Gasteiger partial charge is 0.486 e. The third kappa shape index (κ3) is 4.44. The topological polar surface area (TPSA) is 76.7 Å². The van der Waals surface area contributed by atoms with Crippen molar-refractivity contribution < 1.29 is 19.1 Å². The number of nitrogens with one attached hydrogen (secondary N) is 2. The Labute approximate surface area is 148 Å². The van der Waals surface area contributed by atoms with E-state index in [0.717, 1.165) is 25.7 Å². The van der Waals surface area contributed by atoms with Crippen LogP contribution in [0.15, 0.2) is 18.2 Å². The summed E-state index contributed by atoms with van der Waals surface area (Å²) in [6.45, 7) is 4.99. The number of benzene rings is 1. The molecule has 0 bridgehead atoms. The zero-order valence-electron chi connectivity index (χ0n) is 14.8. The minimum atomic E-state index is -0.0451. The maximum Gasteiger partial charge on any atom is 0.227 e. The Morgan fingerprint density at radius 1 is 0.960 bits per heavy atom. The fourth-order valence-corrected chi connectivity index (χ4v) is 3.39. The van der Waals surface area contributed by atoms with Gasteiger partial charge in [-0.25, -0.2) is 0 Å². The Bertz CT molecular complexity index is 636. The van der Waals surface area contributed by atoms with E-state index in [1.807, 2.05) is 26.0 Å². The van der Waals surface area contributed by atoms with Crippen LogP contribution < -0.4 is 20.1 Å². The summed E-state index contributed by atoms with van der Waals surface area (Å²) < 4.78 is 11.0. The Morgan fingerprint density at radius 3 is 2.20 bits per heavy atom. The zero-order chi connectivity index (χ0) is 17.8. The summed E-state index contributed by atoms with van der Waals surface area (Å²) in [6, 6.07) is 5.60. The molecule has 6 nitrogen and oxygen atoms in total. The van der Waals surface area contributed by atoms with Crippen LogP contribution in [0.3, 0.4) is 0 Å². The molecule has 1 aromatic rings. The van der Waals surface area contributed by atoms with Crippen molar-refractivity contribution in [1.82, 2.24) is 5.32 Å². The minimum absolute atomic E-state index is 0.0133. The number of hydrogen-bond donors (Lipinski definition) is 2. The molecule has 2 aliphatic rings. The van der Waals surface area contributed by atoms with Gasteiger partial charge in [0.2, 0.25) is 11.8 Å². The highest BCUT2D eigenvalue weighted by Crippen LogP contribution is 2.34. The Kier molecular flexibility index (Phi) is 5.46. The smallest absolute Gasteiger partial charge is 0.227 e. The van der Waals surface area contributed by atoms with Gasteiger partial charge in [0, 0.05) is 29.6 Å². The second kappa shape index (κ2) is 7.76. The minimum Gasteiger partial charge on any atom is -0.486 e. The molecule has 1 aromatic carbocycles. The first-order valence-corrected chi connectivity index (χ1v) is 9.04. The predicted octanol–water partition coefficient (Wildman–Crippen LogP) is 2.73. The Morgan fingerprint density at radius 2 is 1.56 bits per heavy atom. The number of ether oxygens (including phenoxy) is 2. The molecule has 2 amide bonds. The zero-order valence-corrected chi connectivity index (χ0v) is 14.8. The van der Waals surface area contributed by atoms with E-state index in [4.69, 9.17) is 9.47 Å². The molecule has 0 radical (unpaired) electrons. The van der Waals surface area contributed by atoms with E-state index in [-0.39, 0.29) is 29.7 Å². The van der Waals surface area contributed by atoms with Crippen molar-refractivity contribution in [2.75, 3.05) is 18.5 Å². The van der Waals surface area contributed by atoms with Crippen LogP contribution in [0.1, 0.15) is 39.5 Å². The highest BCUT2D eigenvalue weighted by molar-refractivity contribution is 5.93. The first-order chi connectivity index (χ1) is 12.0. The van der Waals surface area contributed by atoms with Crippen LogP contribution in [0.5, 0.6) is 11.5 Å². The lowest BCUT2D eigenvalue weighted by Gasteiger charge is -2.27. The molecule has 25 heavy (non-hydrogen) atoms. The molecule has 1 aliphatic carbocycles. The van der Waals surface area contributed by atoms with Gasteiger partial charge < -0.3 is 20.1 Å². The number of fused-ring (bicyclic) bond motifs is 1. The molecule has 1 fully saturated rings. The van der Waals surface area contributed by atoms with Crippen LogP contribution in [0.25, 0.3) is 0 Å². The lowest BCUT2D eigenvalue weighted by atomic mass is 9.81. The molecular weight excluding hydrogens is 320 g/mol. The lowest BCUT2D eigenvalue weighted by molar-refractivity contribution is -0.128. The molecule has 0 atom stereocenters. The first-order valence-electron chi connectivity index (χ1n) is 9.04. The Balaban J connectivity index is 1.52. The van der Waals surface area contributed by atoms with Crippen molar-refractivity contribution in [1.29, 1.82) is 0 Å². The highest BCUT2D eigenvalue weighted by atomic mass is 16.6. The predicted molar refractivity (Wildman–Crippen MR) is 94.8 cm³/mol. The monoisotopic (exact) mass is 346 g/mol. The molecule has 2 N–H and O–H groups in total. The summed E-state index contributed by atoms with van der Waals surface area (Å²) in [5.41, 5.74) is 0.717. The molecule has 6 heteroatoms. The number of amides is 2. The number of carbonyl (C=O) groups is 2. The van der Waals surface area contributed by atoms with Gasteiger partial charge in [-0.15, -0.1) is 0 Å². The van der Waals surface area contributed by atoms with Gasteiger partial charge in [-0.1, -0.05) is 0 Å². The fourth-order valence-electron chi connectivity index (χ4n) is 3.39. The van der Waals surface area contributed by atoms with Crippen molar-refractivity contribution in [2.24, 2.45) is 11.8 Å². The summed E-state index contributed by atoms with van der Waals surface area (Å²) in [5, 5.41) is 5.92. The molecule has 0 unspecified atom stereocenters. The van der Waals surface area contributed by atoms with E-state index in [1.165, 1.54) is 0 Å². The second-order valence-electron chi connectivity index (χ2n) is 7.06. The van der Waals surface area contributed by atoms with E-state index in [1.54, 1.807) is 6.07 Å². The Hall–Kier alpha value is -2.24. The van der Waals surface area contributed by atoms with E-state index in [0.29, 0.717) is 30.4 Å². The number of anilines is 1. The highest BCUT2D eigenvalue weighted by Gasteiger charge is 2.30. The van der Waals surface area contributed by atoms with Crippen LogP contribution in [-0.4, -0.2) is 31.1 Å². The van der Waals surface area contributed by atoms with Crippen molar-refractivity contribution in [3.8, 4) is 11.5 Å². The average Bonchev–Trinajstić information content (AvgIpc) is 2.61. The van der Waals surface area contributed by atoms with Crippen molar-refractivity contribution in [3.63, 3.8) is 0 Å². The summed E-state index contributed by atoms with van der Waals surface area (Å²) in [4.78, 5) is 24.6. The van der Waals surface area contributed by atoms with Crippen LogP contribution in [0, 0.1) is 11.8 Å². The van der Waals surface area contributed by atoms with Gasteiger partial charge in [0.25, 0.3) is 0 Å². The standard InChI is InChI=1S/C19H26N2O4/c1-12(2)20-18(22)13-3-5-14(6-4-13)19(23)21-15-7-8-16-17(11-15)25-10-9-24-16/h7-8,11-14H,3-6,9-10H2,1-2H3,(H,20,22)(H,21,23). The maximum absolute atomic E-state index is 12.5. The van der Waals surface area contributed by atoms with Gasteiger partial charge in [0.15, 0.2) is 11.5 Å². The quantitative estimate of drug-likeness (QED) is 0.879. The van der Waals surface area contributed by atoms with E-state index >= 15 is 0 Å². The summed E-state index contributed by atoms with van der Waals surface area (Å²) in [5.74, 6) is 1.48. The average molecular weight is 346 g/mol. The van der Waals surface area contributed by atoms with Gasteiger partial charge in [0.05, 0.1) is 0 Å². The molecule has 136 valence electrons. The van der Waals surface area contributed by atoms with E-state index < -0.39 is 0 Å². The van der Waals surface area contributed by atoms with Crippen molar-refractivity contribution in [2.45, 2.75) is 45.6 Å². The number of carbonyl (C=O) groups excluding carboxylic acids is 2. The van der Waals surface area contributed by atoms with Crippen LogP contribution in [0.4, 0.5) is 5.69 Å². The van der Waals surface area contributed by atoms with Gasteiger partial charge in [-0.05, 0) is 51.7 Å². The van der Waals surface area contributed by atoms with E-state index in [9.17, 15) is 9.59 Å². The third-order valence-electron chi connectivity index (χ3n) is 4.71. The molecule has 0 spiro atoms. The number of rotatable bonds is 4. The molecule has 1 aliphatic heterocycles. The van der Waals surface area contributed by atoms with Gasteiger partial charge in [0.1, 0.15) is 13.2 Å². The second-order valence-corrected chi connectivity index (χ2v) is 7.06. The van der Waals surface area contributed by atoms with Crippen LogP contribution in [-0.2, 0) is 9.59 Å². The van der Waals surface area contributed by atoms with Gasteiger partial charge >= 0.3 is 0 Å². The summed E-state index contributed by atoms with van der Waals surface area (Å²) in [7, 11) is 0. The summed E-state index contributed by atoms with van der Waals surface area (Å²) in [6.07, 6.45) is 3.01. The van der Waals surface area contributed by atoms with Crippen molar-refractivity contribution in [3.05, 3.63) is 18.2 Å². The molecule has 1 saturated carbocycles. The first kappa shape index (κ1) is 17.6. The third-order valence-corrected chi connectivity index (χ3v) is 4.71. The van der Waals surface area contributed by atoms with Crippen LogP contribution >= 0.6 is 0 Å². The molecular formula is C19H26N2O4. The molecule has 3 rings (SSSR count). The molecule has 0 saturated heterocycles. The van der Waals surface area contributed by atoms with Gasteiger partial charge in [-0.2, -0.15) is 0 Å². The molecule has 0 aromatic heterocycles. The van der Waals surface area contributed by atoms with E-state index in [2.05, 4.69) is 10.6 Å².